The molecule has 4 heterocycles. The van der Waals surface area contributed by atoms with Gasteiger partial charge in [0.25, 0.3) is 0 Å². The molecule has 8 nitrogen and oxygen atoms in total. The zero-order chi connectivity index (χ0) is 21.5. The molecule has 0 unspecified atom stereocenters. The molecule has 0 aromatic carbocycles. The van der Waals surface area contributed by atoms with Crippen LogP contribution in [0.3, 0.4) is 0 Å². The minimum Gasteiger partial charge on any atom is -0.446 e. The van der Waals surface area contributed by atoms with Gasteiger partial charge in [0.1, 0.15) is 29.9 Å². The molecule has 1 N–H and O–H groups in total. The minimum atomic E-state index is -4.46. The molecule has 0 spiro atoms. The second-order valence-corrected chi connectivity index (χ2v) is 7.39. The van der Waals surface area contributed by atoms with Gasteiger partial charge < -0.3 is 19.5 Å². The lowest BCUT2D eigenvalue weighted by Crippen LogP contribution is -2.42. The van der Waals surface area contributed by atoms with Crippen molar-refractivity contribution in [3.8, 4) is 0 Å². The average molecular weight is 422 g/mol. The van der Waals surface area contributed by atoms with E-state index >= 15 is 0 Å². The Hall–Kier alpha value is -3.11. The lowest BCUT2D eigenvalue weighted by molar-refractivity contribution is -0.141. The van der Waals surface area contributed by atoms with Gasteiger partial charge in [-0.2, -0.15) is 13.2 Å². The maximum atomic E-state index is 12.5. The second kappa shape index (κ2) is 7.62. The number of ether oxygens (including phenoxy) is 1. The average Bonchev–Trinajstić information content (AvgIpc) is 3.15. The van der Waals surface area contributed by atoms with Crippen LogP contribution < -0.4 is 4.90 Å². The highest BCUT2D eigenvalue weighted by molar-refractivity contribution is 6.09. The molecule has 1 fully saturated rings. The van der Waals surface area contributed by atoms with Crippen molar-refractivity contribution in [3.05, 3.63) is 24.3 Å². The number of aromatic nitrogens is 4. The number of rotatable bonds is 3. The lowest BCUT2D eigenvalue weighted by Gasteiger charge is -2.33. The molecular formula is C19H21F3N6O2. The Labute approximate surface area is 170 Å². The third-order valence-corrected chi connectivity index (χ3v) is 5.08. The summed E-state index contributed by atoms with van der Waals surface area (Å²) < 4.78 is 42.6. The largest absolute Gasteiger partial charge is 0.446 e. The maximum absolute atomic E-state index is 12.5. The zero-order valence-corrected chi connectivity index (χ0v) is 16.5. The fourth-order valence-corrected chi connectivity index (χ4v) is 3.71. The quantitative estimate of drug-likeness (QED) is 0.696. The minimum absolute atomic E-state index is 0.437. The van der Waals surface area contributed by atoms with Crippen molar-refractivity contribution in [2.75, 3.05) is 31.6 Å². The molecule has 0 aliphatic carbocycles. The van der Waals surface area contributed by atoms with Gasteiger partial charge in [0.2, 0.25) is 0 Å². The van der Waals surface area contributed by atoms with Crippen LogP contribution in [0.4, 0.5) is 23.8 Å². The van der Waals surface area contributed by atoms with Gasteiger partial charge in [-0.25, -0.2) is 19.7 Å². The van der Waals surface area contributed by atoms with Crippen LogP contribution in [0.25, 0.3) is 21.9 Å². The Kier molecular flexibility index (Phi) is 5.12. The van der Waals surface area contributed by atoms with Crippen LogP contribution in [0.2, 0.25) is 0 Å². The number of piperidine rings is 1. The molecular weight excluding hydrogens is 401 g/mol. The Morgan fingerprint density at radius 1 is 1.33 bits per heavy atom. The van der Waals surface area contributed by atoms with E-state index in [2.05, 4.69) is 24.8 Å². The van der Waals surface area contributed by atoms with Crippen molar-refractivity contribution in [1.29, 1.82) is 0 Å². The summed E-state index contributed by atoms with van der Waals surface area (Å²) in [7, 11) is 1.08. The van der Waals surface area contributed by atoms with Crippen LogP contribution in [-0.4, -0.2) is 69.9 Å². The van der Waals surface area contributed by atoms with Crippen LogP contribution in [-0.2, 0) is 4.74 Å². The summed E-state index contributed by atoms with van der Waals surface area (Å²) >= 11 is 0. The highest BCUT2D eigenvalue weighted by Crippen LogP contribution is 2.32. The normalized spacial score (nSPS) is 15.7. The number of aromatic amines is 1. The molecule has 1 aliphatic heterocycles. The number of carbonyl (C=O) groups is 1. The molecule has 0 saturated carbocycles. The molecule has 1 saturated heterocycles. The van der Waals surface area contributed by atoms with Gasteiger partial charge in [0, 0.05) is 44.6 Å². The summed E-state index contributed by atoms with van der Waals surface area (Å²) in [4.78, 5) is 31.2. The number of halogens is 3. The molecule has 1 amide bonds. The van der Waals surface area contributed by atoms with Crippen molar-refractivity contribution in [1.82, 2.24) is 24.8 Å². The highest BCUT2D eigenvalue weighted by atomic mass is 19.4. The number of amides is 1. The van der Waals surface area contributed by atoms with Gasteiger partial charge in [-0.05, 0) is 13.0 Å². The number of nitrogens with one attached hydrogen (secondary N) is 1. The number of pyridine rings is 1. The van der Waals surface area contributed by atoms with Crippen molar-refractivity contribution in [3.63, 3.8) is 0 Å². The fourth-order valence-electron chi connectivity index (χ4n) is 3.71. The lowest BCUT2D eigenvalue weighted by atomic mass is 10.1. The van der Waals surface area contributed by atoms with Crippen molar-refractivity contribution >= 4 is 33.8 Å². The van der Waals surface area contributed by atoms with Crippen LogP contribution >= 0.6 is 0 Å². The number of hydrogen-bond donors (Lipinski definition) is 1. The molecule has 0 radical (unpaired) electrons. The van der Waals surface area contributed by atoms with Gasteiger partial charge in [-0.1, -0.05) is 0 Å². The molecule has 160 valence electrons. The molecule has 3 aromatic rings. The Bertz CT molecular complexity index is 1080. The van der Waals surface area contributed by atoms with Gasteiger partial charge in [-0.15, -0.1) is 0 Å². The van der Waals surface area contributed by atoms with E-state index in [9.17, 15) is 18.0 Å². The monoisotopic (exact) mass is 422 g/mol. The predicted molar refractivity (Wildman–Crippen MR) is 104 cm³/mol. The van der Waals surface area contributed by atoms with Crippen LogP contribution in [0.1, 0.15) is 18.7 Å². The first-order valence-electron chi connectivity index (χ1n) is 9.55. The molecule has 4 rings (SSSR count). The molecule has 11 heteroatoms. The first kappa shape index (κ1) is 20.2. The molecule has 1 aliphatic rings. The van der Waals surface area contributed by atoms with E-state index in [0.717, 1.165) is 34.8 Å². The number of hydrogen-bond acceptors (Lipinski definition) is 6. The van der Waals surface area contributed by atoms with Crippen molar-refractivity contribution < 1.29 is 22.7 Å². The van der Waals surface area contributed by atoms with E-state index in [0.29, 0.717) is 36.7 Å². The summed E-state index contributed by atoms with van der Waals surface area (Å²) in [6.45, 7) is 1.59. The van der Waals surface area contributed by atoms with Gasteiger partial charge >= 0.3 is 12.3 Å². The van der Waals surface area contributed by atoms with Crippen LogP contribution in [0.15, 0.2) is 18.5 Å². The van der Waals surface area contributed by atoms with Crippen LogP contribution in [0.5, 0.6) is 0 Å². The Balaban J connectivity index is 1.49. The van der Waals surface area contributed by atoms with Gasteiger partial charge in [0.15, 0.2) is 0 Å². The maximum Gasteiger partial charge on any atom is 0.410 e. The predicted octanol–water partition coefficient (Wildman–Crippen LogP) is 3.41. The highest BCUT2D eigenvalue weighted by Gasteiger charge is 2.33. The first-order valence-corrected chi connectivity index (χ1v) is 9.55. The van der Waals surface area contributed by atoms with E-state index in [1.54, 1.807) is 6.20 Å². The van der Waals surface area contributed by atoms with E-state index < -0.39 is 24.9 Å². The summed E-state index contributed by atoms with van der Waals surface area (Å²) in [5.74, 6) is 1.40. The van der Waals surface area contributed by atoms with Crippen molar-refractivity contribution in [2.24, 2.45) is 0 Å². The standard InChI is InChI=1S/C19H21F3N6O2/c1-11-25-14-9-24-16-13(3-6-23-16)15(14)17(26-11)28-7-4-12(5-8-28)30-18(29)27(2)10-19(20,21)22/h3,6,9,12H,4-5,7-8,10H2,1-2H3,(H,23,24). The fraction of sp³-hybridized carbons (Fsp3) is 0.474. The third kappa shape index (κ3) is 4.10. The number of aryl methyl sites for hydroxylation is 1. The van der Waals surface area contributed by atoms with Crippen LogP contribution in [0, 0.1) is 6.92 Å². The smallest absolute Gasteiger partial charge is 0.410 e. The second-order valence-electron chi connectivity index (χ2n) is 7.39. The molecule has 0 atom stereocenters. The summed E-state index contributed by atoms with van der Waals surface area (Å²) in [6, 6.07) is 1.93. The number of fused-ring (bicyclic) bond motifs is 3. The summed E-state index contributed by atoms with van der Waals surface area (Å²) in [6.07, 6.45) is -1.35. The Morgan fingerprint density at radius 3 is 2.77 bits per heavy atom. The third-order valence-electron chi connectivity index (χ3n) is 5.08. The topological polar surface area (TPSA) is 87.2 Å². The van der Waals surface area contributed by atoms with E-state index in [1.807, 2.05) is 19.2 Å². The van der Waals surface area contributed by atoms with Gasteiger partial charge in [0.05, 0.1) is 17.1 Å². The van der Waals surface area contributed by atoms with E-state index in [-0.39, 0.29) is 0 Å². The number of carbonyl (C=O) groups excluding carboxylic acids is 1. The summed E-state index contributed by atoms with van der Waals surface area (Å²) in [5, 5.41) is 1.82. The first-order chi connectivity index (χ1) is 14.2. The SMILES string of the molecule is Cc1nc(N2CCC(OC(=O)N(C)CC(F)(F)F)CC2)c2c(cnc3[nH]ccc32)n1. The van der Waals surface area contributed by atoms with E-state index in [1.165, 1.54) is 0 Å². The van der Waals surface area contributed by atoms with Crippen molar-refractivity contribution in [2.45, 2.75) is 32.0 Å². The molecule has 3 aromatic heterocycles. The molecule has 0 bridgehead atoms. The Morgan fingerprint density at radius 2 is 2.07 bits per heavy atom. The summed E-state index contributed by atoms with van der Waals surface area (Å²) in [5.41, 5.74) is 1.49. The zero-order valence-electron chi connectivity index (χ0n) is 16.5. The molecule has 30 heavy (non-hydrogen) atoms. The number of anilines is 1. The number of nitrogens with zero attached hydrogens (tertiary/aromatic N) is 5. The van der Waals surface area contributed by atoms with E-state index in [4.69, 9.17) is 4.74 Å². The number of alkyl halides is 3. The number of H-pyrrole nitrogens is 1. The van der Waals surface area contributed by atoms with Gasteiger partial charge in [-0.3, -0.25) is 0 Å².